The average molecular weight is 405 g/mol. The molecule has 1 atom stereocenters. The minimum Gasteiger partial charge on any atom is -0.330 e. The summed E-state index contributed by atoms with van der Waals surface area (Å²) in [6.45, 7) is 3.09. The van der Waals surface area contributed by atoms with Crippen LogP contribution in [-0.2, 0) is 4.79 Å². The zero-order valence-corrected chi connectivity index (χ0v) is 16.2. The maximum Gasteiger partial charge on any atom is 0.269 e. The van der Waals surface area contributed by atoms with Gasteiger partial charge in [-0.25, -0.2) is 0 Å². The fourth-order valence-corrected chi connectivity index (χ4v) is 3.68. The molecule has 30 heavy (non-hydrogen) atoms. The summed E-state index contributed by atoms with van der Waals surface area (Å²) in [5.41, 5.74) is 3.03. The zero-order chi connectivity index (χ0) is 21.3. The van der Waals surface area contributed by atoms with Crippen molar-refractivity contribution in [3.63, 3.8) is 0 Å². The summed E-state index contributed by atoms with van der Waals surface area (Å²) in [6, 6.07) is 12.4. The number of guanidine groups is 1. The molecule has 2 N–H and O–H groups in total. The van der Waals surface area contributed by atoms with Gasteiger partial charge in [-0.05, 0) is 24.6 Å². The molecule has 152 valence electrons. The summed E-state index contributed by atoms with van der Waals surface area (Å²) >= 11 is 0. The van der Waals surface area contributed by atoms with Crippen molar-refractivity contribution >= 4 is 29.5 Å². The predicted octanol–water partition coefficient (Wildman–Crippen LogP) is 2.64. The van der Waals surface area contributed by atoms with Gasteiger partial charge in [0.05, 0.1) is 23.1 Å². The molecular weight excluding hydrogens is 386 g/mol. The highest BCUT2D eigenvalue weighted by Gasteiger charge is 2.38. The molecule has 2 aromatic carbocycles. The Morgan fingerprint density at radius 1 is 1.23 bits per heavy atom. The minimum absolute atomic E-state index is 0.0474. The third-order valence-corrected chi connectivity index (χ3v) is 5.13. The van der Waals surface area contributed by atoms with Crippen molar-refractivity contribution in [3.05, 3.63) is 81.0 Å². The maximum absolute atomic E-state index is 13.2. The van der Waals surface area contributed by atoms with Crippen molar-refractivity contribution in [2.24, 2.45) is 4.99 Å². The van der Waals surface area contributed by atoms with Crippen LogP contribution in [0, 0.1) is 10.1 Å². The Balaban J connectivity index is 1.68. The summed E-state index contributed by atoms with van der Waals surface area (Å²) in [5.74, 6) is 0.396. The number of allylic oxidation sites excluding steroid dienone is 1. The first-order chi connectivity index (χ1) is 14.5. The number of carbonyl (C=O) groups excluding carboxylic acids is 2. The molecule has 1 amide bonds. The molecule has 2 heterocycles. The number of nitrogens with one attached hydrogen (secondary N) is 2. The van der Waals surface area contributed by atoms with Crippen molar-refractivity contribution in [1.29, 1.82) is 0 Å². The van der Waals surface area contributed by atoms with Crippen molar-refractivity contribution in [2.45, 2.75) is 13.0 Å². The van der Waals surface area contributed by atoms with E-state index in [-0.39, 0.29) is 17.6 Å². The number of nitro benzene ring substituents is 1. The summed E-state index contributed by atoms with van der Waals surface area (Å²) in [7, 11) is 0. The van der Waals surface area contributed by atoms with Crippen molar-refractivity contribution in [2.75, 3.05) is 18.4 Å². The molecule has 0 saturated heterocycles. The number of nitrogens with zero attached hydrogens (tertiary/aromatic N) is 3. The van der Waals surface area contributed by atoms with Crippen molar-refractivity contribution in [1.82, 2.24) is 10.2 Å². The Labute approximate surface area is 172 Å². The van der Waals surface area contributed by atoms with Crippen molar-refractivity contribution in [3.8, 4) is 0 Å². The van der Waals surface area contributed by atoms with Crippen LogP contribution in [0.4, 0.5) is 11.4 Å². The number of non-ortho nitro benzene ring substituents is 1. The highest BCUT2D eigenvalue weighted by Crippen LogP contribution is 2.35. The monoisotopic (exact) mass is 405 g/mol. The normalized spacial score (nSPS) is 17.7. The van der Waals surface area contributed by atoms with Crippen molar-refractivity contribution < 1.29 is 14.5 Å². The number of amides is 1. The van der Waals surface area contributed by atoms with E-state index in [1.165, 1.54) is 24.3 Å². The lowest BCUT2D eigenvalue weighted by molar-refractivity contribution is -0.384. The van der Waals surface area contributed by atoms with Gasteiger partial charge in [-0.15, -0.1) is 0 Å². The van der Waals surface area contributed by atoms with Crippen LogP contribution in [0.2, 0.25) is 0 Å². The quantitative estimate of drug-likeness (QED) is 0.449. The van der Waals surface area contributed by atoms with E-state index in [9.17, 15) is 19.7 Å². The Morgan fingerprint density at radius 3 is 2.57 bits per heavy atom. The first kappa shape index (κ1) is 19.3. The number of anilines is 1. The van der Waals surface area contributed by atoms with Crippen LogP contribution in [0.25, 0.3) is 0 Å². The molecule has 0 aromatic heterocycles. The summed E-state index contributed by atoms with van der Waals surface area (Å²) in [6.07, 6.45) is 0.776. The average Bonchev–Trinajstić information content (AvgIpc) is 3.21. The van der Waals surface area contributed by atoms with E-state index < -0.39 is 4.92 Å². The number of fused-ring (bicyclic) bond motifs is 1. The second-order valence-electron chi connectivity index (χ2n) is 7.01. The molecular formula is C21H19N5O4. The van der Waals surface area contributed by atoms with Gasteiger partial charge in [0.1, 0.15) is 6.29 Å². The van der Waals surface area contributed by atoms with Crippen LogP contribution in [0.5, 0.6) is 0 Å². The van der Waals surface area contributed by atoms with Gasteiger partial charge in [0, 0.05) is 35.6 Å². The van der Waals surface area contributed by atoms with Gasteiger partial charge in [-0.2, -0.15) is 0 Å². The predicted molar refractivity (Wildman–Crippen MR) is 111 cm³/mol. The number of carbonyl (C=O) groups is 2. The summed E-state index contributed by atoms with van der Waals surface area (Å²) in [4.78, 5) is 41.1. The van der Waals surface area contributed by atoms with Gasteiger partial charge < -0.3 is 15.5 Å². The summed E-state index contributed by atoms with van der Waals surface area (Å²) < 4.78 is 0. The largest absolute Gasteiger partial charge is 0.330 e. The van der Waals surface area contributed by atoms with Crippen LogP contribution in [0.3, 0.4) is 0 Å². The van der Waals surface area contributed by atoms with E-state index in [1.807, 2.05) is 24.0 Å². The first-order valence-corrected chi connectivity index (χ1v) is 9.38. The van der Waals surface area contributed by atoms with E-state index in [2.05, 4.69) is 15.6 Å². The fraction of sp³-hybridized carbons (Fsp3) is 0.190. The van der Waals surface area contributed by atoms with Crippen LogP contribution in [0.1, 0.15) is 28.9 Å². The highest BCUT2D eigenvalue weighted by molar-refractivity contribution is 6.07. The molecule has 2 aliphatic rings. The molecule has 0 fully saturated rings. The van der Waals surface area contributed by atoms with Gasteiger partial charge in [0.15, 0.2) is 5.96 Å². The second-order valence-corrected chi connectivity index (χ2v) is 7.01. The standard InChI is InChI=1S/C21H19N5O4/c1-13-18(20(28)24-16-6-8-17(9-7-16)26(29)30)19(25-11-10-22-21(25)23-13)15-4-2-14(12-27)3-5-15/h2-9,12,19H,10-11H2,1H3,(H,22,23)(H,24,28). The fourth-order valence-electron chi connectivity index (χ4n) is 3.68. The number of benzene rings is 2. The highest BCUT2D eigenvalue weighted by atomic mass is 16.6. The summed E-state index contributed by atoms with van der Waals surface area (Å²) in [5, 5.41) is 16.9. The smallest absolute Gasteiger partial charge is 0.269 e. The van der Waals surface area contributed by atoms with Crippen LogP contribution in [0.15, 0.2) is 64.8 Å². The molecule has 4 rings (SSSR count). The lowest BCUT2D eigenvalue weighted by Crippen LogP contribution is -2.47. The molecule has 0 radical (unpaired) electrons. The van der Waals surface area contributed by atoms with Crippen LogP contribution < -0.4 is 10.6 Å². The molecule has 9 heteroatoms. The number of rotatable bonds is 5. The molecule has 0 saturated carbocycles. The number of aldehydes is 1. The molecule has 0 aliphatic carbocycles. The third kappa shape index (κ3) is 3.52. The molecule has 0 bridgehead atoms. The lowest BCUT2D eigenvalue weighted by Gasteiger charge is -2.37. The Hall–Kier alpha value is -4.01. The maximum atomic E-state index is 13.2. The molecule has 0 spiro atoms. The lowest BCUT2D eigenvalue weighted by atomic mass is 9.92. The number of nitro groups is 1. The molecule has 2 aromatic rings. The van der Waals surface area contributed by atoms with Gasteiger partial charge in [0.2, 0.25) is 0 Å². The Kier molecular flexibility index (Phi) is 5.01. The topological polar surface area (TPSA) is 117 Å². The van der Waals surface area contributed by atoms with E-state index >= 15 is 0 Å². The minimum atomic E-state index is -0.489. The zero-order valence-electron chi connectivity index (χ0n) is 16.2. The van der Waals surface area contributed by atoms with Gasteiger partial charge >= 0.3 is 0 Å². The number of hydrogen-bond donors (Lipinski definition) is 2. The van der Waals surface area contributed by atoms with E-state index in [0.717, 1.165) is 11.8 Å². The molecule has 9 nitrogen and oxygen atoms in total. The Morgan fingerprint density at radius 2 is 1.93 bits per heavy atom. The second kappa shape index (κ2) is 7.78. The molecule has 1 unspecified atom stereocenters. The van der Waals surface area contributed by atoms with E-state index in [1.54, 1.807) is 12.1 Å². The Bertz CT molecular complexity index is 1070. The third-order valence-electron chi connectivity index (χ3n) is 5.13. The van der Waals surface area contributed by atoms with Crippen LogP contribution in [-0.4, -0.2) is 41.1 Å². The SMILES string of the molecule is CC1=C(C(=O)Nc2ccc([N+](=O)[O-])cc2)C(c2ccc(C=O)cc2)N2CCN=C2N1. The van der Waals surface area contributed by atoms with Gasteiger partial charge in [-0.1, -0.05) is 24.3 Å². The number of aliphatic imine (C=N–C) groups is 1. The van der Waals surface area contributed by atoms with E-state index in [4.69, 9.17) is 0 Å². The van der Waals surface area contributed by atoms with Gasteiger partial charge in [-0.3, -0.25) is 24.7 Å². The van der Waals surface area contributed by atoms with Gasteiger partial charge in [0.25, 0.3) is 11.6 Å². The number of hydrogen-bond acceptors (Lipinski definition) is 7. The van der Waals surface area contributed by atoms with E-state index in [0.29, 0.717) is 41.6 Å². The molecule has 2 aliphatic heterocycles. The first-order valence-electron chi connectivity index (χ1n) is 9.38. The van der Waals surface area contributed by atoms with Crippen LogP contribution >= 0.6 is 0 Å².